The molecule has 34 heavy (non-hydrogen) atoms. The molecule has 0 aliphatic carbocycles. The van der Waals surface area contributed by atoms with Gasteiger partial charge in [0.2, 0.25) is 5.91 Å². The highest BCUT2D eigenvalue weighted by molar-refractivity contribution is 6.30. The summed E-state index contributed by atoms with van der Waals surface area (Å²) < 4.78 is 10.7. The number of likely N-dealkylation sites (N-methyl/N-ethyl adjacent to an activating group) is 1. The highest BCUT2D eigenvalue weighted by Gasteiger charge is 2.19. The summed E-state index contributed by atoms with van der Waals surface area (Å²) in [7, 11) is 3.41. The zero-order valence-electron chi connectivity index (χ0n) is 19.1. The molecule has 8 heteroatoms. The Balaban J connectivity index is 1.50. The van der Waals surface area contributed by atoms with Gasteiger partial charge in [0.05, 0.1) is 24.0 Å². The number of ether oxygens (including phenoxy) is 1. The first-order chi connectivity index (χ1) is 16.4. The predicted octanol–water partition coefficient (Wildman–Crippen LogP) is 4.79. The van der Waals surface area contributed by atoms with Crippen molar-refractivity contribution in [3.8, 4) is 11.3 Å². The maximum Gasteiger partial charge on any atom is 0.337 e. The Morgan fingerprint density at radius 2 is 1.76 bits per heavy atom. The summed E-state index contributed by atoms with van der Waals surface area (Å²) >= 11 is 5.94. The predicted molar refractivity (Wildman–Crippen MR) is 134 cm³/mol. The van der Waals surface area contributed by atoms with Crippen molar-refractivity contribution in [3.63, 3.8) is 0 Å². The van der Waals surface area contributed by atoms with E-state index in [1.807, 2.05) is 24.3 Å². The van der Waals surface area contributed by atoms with Crippen molar-refractivity contribution in [3.05, 3.63) is 77.0 Å². The van der Waals surface area contributed by atoms with Crippen LogP contribution in [0.3, 0.4) is 0 Å². The maximum absolute atomic E-state index is 12.7. The van der Waals surface area contributed by atoms with Crippen LogP contribution in [0, 0.1) is 0 Å². The molecule has 1 aliphatic rings. The summed E-state index contributed by atoms with van der Waals surface area (Å²) in [6.07, 6.45) is 3.01. The molecule has 1 aromatic heterocycles. The number of hydrogen-bond donors (Lipinski definition) is 1. The van der Waals surface area contributed by atoms with Crippen molar-refractivity contribution in [2.45, 2.75) is 0 Å². The quantitative estimate of drug-likeness (QED) is 0.404. The number of nitrogens with zero attached hydrogens (tertiary/aromatic N) is 2. The van der Waals surface area contributed by atoms with Gasteiger partial charge >= 0.3 is 5.97 Å². The number of nitrogens with one attached hydrogen (secondary N) is 1. The molecule has 7 nitrogen and oxygen atoms in total. The number of benzene rings is 2. The lowest BCUT2D eigenvalue weighted by Crippen LogP contribution is -2.44. The Morgan fingerprint density at radius 3 is 2.47 bits per heavy atom. The van der Waals surface area contributed by atoms with Crippen LogP contribution >= 0.6 is 11.6 Å². The smallest absolute Gasteiger partial charge is 0.337 e. The molecule has 0 bridgehead atoms. The Kier molecular flexibility index (Phi) is 7.35. The van der Waals surface area contributed by atoms with Crippen LogP contribution in [-0.4, -0.2) is 57.1 Å². The van der Waals surface area contributed by atoms with Crippen LogP contribution in [0.25, 0.3) is 17.4 Å². The number of esters is 1. The summed E-state index contributed by atoms with van der Waals surface area (Å²) in [5.41, 5.74) is 2.69. The van der Waals surface area contributed by atoms with Gasteiger partial charge in [0.15, 0.2) is 0 Å². The molecule has 1 amide bonds. The Labute approximate surface area is 203 Å². The minimum atomic E-state index is -0.457. The Hall–Kier alpha value is -3.55. The number of anilines is 2. The van der Waals surface area contributed by atoms with Gasteiger partial charge in [-0.25, -0.2) is 4.79 Å². The topological polar surface area (TPSA) is 75.0 Å². The van der Waals surface area contributed by atoms with Crippen LogP contribution in [0.15, 0.2) is 65.1 Å². The molecule has 1 saturated heterocycles. The van der Waals surface area contributed by atoms with Gasteiger partial charge in [0.1, 0.15) is 11.5 Å². The third kappa shape index (κ3) is 5.68. The monoisotopic (exact) mass is 479 g/mol. The van der Waals surface area contributed by atoms with Gasteiger partial charge in [-0.15, -0.1) is 0 Å². The zero-order valence-corrected chi connectivity index (χ0v) is 19.8. The van der Waals surface area contributed by atoms with E-state index < -0.39 is 5.97 Å². The minimum Gasteiger partial charge on any atom is -0.465 e. The van der Waals surface area contributed by atoms with E-state index in [1.54, 1.807) is 36.4 Å². The molecule has 2 heterocycles. The summed E-state index contributed by atoms with van der Waals surface area (Å²) in [6, 6.07) is 16.2. The first-order valence-electron chi connectivity index (χ1n) is 10.9. The number of piperazine rings is 1. The standard InChI is InChI=1S/C26H26ClN3O4/c1-29-13-15-30(16-14-29)23-10-5-19(26(32)33-2)17-22(23)28-25(31)12-9-21-8-11-24(34-21)18-3-6-20(27)7-4-18/h3-12,17H,13-16H2,1-2H3,(H,28,31)/b12-9+. The van der Waals surface area contributed by atoms with E-state index in [0.717, 1.165) is 37.4 Å². The van der Waals surface area contributed by atoms with Crippen molar-refractivity contribution < 1.29 is 18.7 Å². The van der Waals surface area contributed by atoms with Gasteiger partial charge in [-0.3, -0.25) is 4.79 Å². The molecule has 1 fully saturated rings. The van der Waals surface area contributed by atoms with Crippen LogP contribution in [0.1, 0.15) is 16.1 Å². The normalized spacial score (nSPS) is 14.4. The largest absolute Gasteiger partial charge is 0.465 e. The van der Waals surface area contributed by atoms with Gasteiger partial charge in [0, 0.05) is 42.8 Å². The van der Waals surface area contributed by atoms with Crippen LogP contribution in [-0.2, 0) is 9.53 Å². The molecule has 3 aromatic rings. The van der Waals surface area contributed by atoms with Gasteiger partial charge in [0.25, 0.3) is 0 Å². The SMILES string of the molecule is COC(=O)c1ccc(N2CCN(C)CC2)c(NC(=O)/C=C/c2ccc(-c3ccc(Cl)cc3)o2)c1. The van der Waals surface area contributed by atoms with Crippen LogP contribution in [0.4, 0.5) is 11.4 Å². The number of furan rings is 1. The van der Waals surface area contributed by atoms with E-state index >= 15 is 0 Å². The second kappa shape index (κ2) is 10.6. The van der Waals surface area contributed by atoms with E-state index in [4.69, 9.17) is 20.8 Å². The number of rotatable bonds is 6. The third-order valence-electron chi connectivity index (χ3n) is 5.67. The molecule has 1 N–H and O–H groups in total. The fourth-order valence-corrected chi connectivity index (χ4v) is 3.87. The first kappa shape index (κ1) is 23.6. The number of amides is 1. The second-order valence-corrected chi connectivity index (χ2v) is 8.48. The van der Waals surface area contributed by atoms with Crippen LogP contribution in [0.2, 0.25) is 5.02 Å². The third-order valence-corrected chi connectivity index (χ3v) is 5.93. The lowest BCUT2D eigenvalue weighted by Gasteiger charge is -2.35. The molecular formula is C26H26ClN3O4. The van der Waals surface area contributed by atoms with Gasteiger partial charge in [-0.05, 0) is 67.7 Å². The van der Waals surface area contributed by atoms with Crippen molar-refractivity contribution >= 4 is 40.9 Å². The summed E-state index contributed by atoms with van der Waals surface area (Å²) in [6.45, 7) is 3.49. The lowest BCUT2D eigenvalue weighted by molar-refractivity contribution is -0.111. The number of hydrogen-bond acceptors (Lipinski definition) is 6. The number of halogens is 1. The lowest BCUT2D eigenvalue weighted by atomic mass is 10.1. The molecule has 2 aromatic carbocycles. The first-order valence-corrected chi connectivity index (χ1v) is 11.3. The molecule has 0 unspecified atom stereocenters. The molecule has 1 aliphatic heterocycles. The molecule has 176 valence electrons. The van der Waals surface area contributed by atoms with Gasteiger partial charge in [-0.2, -0.15) is 0 Å². The number of carbonyl (C=O) groups excluding carboxylic acids is 2. The van der Waals surface area contributed by atoms with Crippen molar-refractivity contribution in [2.75, 3.05) is 50.6 Å². The number of carbonyl (C=O) groups is 2. The van der Waals surface area contributed by atoms with Crippen molar-refractivity contribution in [1.82, 2.24) is 4.90 Å². The fraction of sp³-hybridized carbons (Fsp3) is 0.231. The fourth-order valence-electron chi connectivity index (χ4n) is 3.75. The summed E-state index contributed by atoms with van der Waals surface area (Å²) in [5, 5.41) is 3.56. The molecule has 0 saturated carbocycles. The Morgan fingerprint density at radius 1 is 1.03 bits per heavy atom. The van der Waals surface area contributed by atoms with Crippen LogP contribution < -0.4 is 10.2 Å². The molecular weight excluding hydrogens is 454 g/mol. The minimum absolute atomic E-state index is 0.332. The van der Waals surface area contributed by atoms with Crippen molar-refractivity contribution in [2.24, 2.45) is 0 Å². The highest BCUT2D eigenvalue weighted by atomic mass is 35.5. The van der Waals surface area contributed by atoms with Crippen molar-refractivity contribution in [1.29, 1.82) is 0 Å². The van der Waals surface area contributed by atoms with E-state index in [2.05, 4.69) is 22.2 Å². The summed E-state index contributed by atoms with van der Waals surface area (Å²) in [4.78, 5) is 29.2. The van der Waals surface area contributed by atoms with Gasteiger partial charge < -0.3 is 24.3 Å². The Bertz CT molecular complexity index is 1200. The molecule has 0 atom stereocenters. The average molecular weight is 480 g/mol. The number of methoxy groups -OCH3 is 1. The molecule has 4 rings (SSSR count). The highest BCUT2D eigenvalue weighted by Crippen LogP contribution is 2.29. The van der Waals surface area contributed by atoms with E-state index in [-0.39, 0.29) is 5.91 Å². The maximum atomic E-state index is 12.7. The second-order valence-electron chi connectivity index (χ2n) is 8.05. The van der Waals surface area contributed by atoms with Gasteiger partial charge in [-0.1, -0.05) is 11.6 Å². The molecule has 0 radical (unpaired) electrons. The average Bonchev–Trinajstić information content (AvgIpc) is 3.32. The van der Waals surface area contributed by atoms with Crippen LogP contribution in [0.5, 0.6) is 0 Å². The van der Waals surface area contributed by atoms with E-state index in [0.29, 0.717) is 27.8 Å². The molecule has 0 spiro atoms. The van der Waals surface area contributed by atoms with E-state index in [1.165, 1.54) is 13.2 Å². The van der Waals surface area contributed by atoms with E-state index in [9.17, 15) is 9.59 Å². The summed E-state index contributed by atoms with van der Waals surface area (Å²) in [5.74, 6) is 0.436. The zero-order chi connectivity index (χ0) is 24.1.